The number of nitrogens with two attached hydrogens (primary N) is 1. The number of hydrogen-bond donors (Lipinski definition) is 3. The zero-order chi connectivity index (χ0) is 22.2. The number of H-pyrrole nitrogens is 1. The summed E-state index contributed by atoms with van der Waals surface area (Å²) in [6, 6.07) is 7.28. The van der Waals surface area contributed by atoms with Gasteiger partial charge in [-0.15, -0.1) is 0 Å². The molecule has 1 aliphatic carbocycles. The van der Waals surface area contributed by atoms with Crippen LogP contribution in [0.5, 0.6) is 0 Å². The molecule has 10 heteroatoms. The van der Waals surface area contributed by atoms with Crippen molar-refractivity contribution < 1.29 is 12.8 Å². The minimum absolute atomic E-state index is 0.119. The average molecular weight is 445 g/mol. The van der Waals surface area contributed by atoms with Crippen molar-refractivity contribution in [3.05, 3.63) is 59.6 Å². The van der Waals surface area contributed by atoms with Gasteiger partial charge in [0.1, 0.15) is 11.6 Å². The summed E-state index contributed by atoms with van der Waals surface area (Å²) in [5.41, 5.74) is 2.14. The predicted octanol–water partition coefficient (Wildman–Crippen LogP) is 3.90. The van der Waals surface area contributed by atoms with E-state index in [2.05, 4.69) is 34.3 Å². The minimum Gasteiger partial charge on any atom is -0.336 e. The van der Waals surface area contributed by atoms with Crippen LogP contribution >= 0.6 is 0 Å². The number of anilines is 2. The Hall–Kier alpha value is -2.85. The molecule has 2 aromatic heterocycles. The summed E-state index contributed by atoms with van der Waals surface area (Å²) < 4.78 is 37.0. The van der Waals surface area contributed by atoms with Crippen molar-refractivity contribution in [2.24, 2.45) is 5.14 Å². The second kappa shape index (κ2) is 8.35. The lowest BCUT2D eigenvalue weighted by Gasteiger charge is -2.11. The zero-order valence-electron chi connectivity index (χ0n) is 17.3. The number of benzene rings is 1. The van der Waals surface area contributed by atoms with Crippen LogP contribution < -0.4 is 10.5 Å². The van der Waals surface area contributed by atoms with Crippen LogP contribution in [0.15, 0.2) is 41.4 Å². The number of hydrogen-bond acceptors (Lipinski definition) is 6. The highest BCUT2D eigenvalue weighted by Gasteiger charge is 2.30. The third kappa shape index (κ3) is 4.75. The SMILES string of the molecule is CC(C)c1ccnc(C2CCC(c3cc(Nc4ccc(S(N)(=O)=O)cc4F)n[nH]3)C2)n1. The largest absolute Gasteiger partial charge is 0.336 e. The maximum absolute atomic E-state index is 14.3. The molecule has 0 spiro atoms. The lowest BCUT2D eigenvalue weighted by Crippen LogP contribution is -2.12. The summed E-state index contributed by atoms with van der Waals surface area (Å²) in [6.45, 7) is 4.24. The van der Waals surface area contributed by atoms with E-state index in [0.29, 0.717) is 17.7 Å². The lowest BCUT2D eigenvalue weighted by atomic mass is 10.0. The number of rotatable bonds is 6. The number of nitrogens with zero attached hydrogens (tertiary/aromatic N) is 3. The Kier molecular flexibility index (Phi) is 5.76. The third-order valence-corrected chi connectivity index (χ3v) is 6.57. The second-order valence-corrected chi connectivity index (χ2v) is 9.78. The summed E-state index contributed by atoms with van der Waals surface area (Å²) in [5.74, 6) is 1.57. The van der Waals surface area contributed by atoms with Gasteiger partial charge in [0.15, 0.2) is 5.82 Å². The normalized spacial score (nSPS) is 19.1. The van der Waals surface area contributed by atoms with Gasteiger partial charge in [-0.25, -0.2) is 27.9 Å². The molecule has 0 radical (unpaired) electrons. The number of sulfonamides is 1. The molecule has 0 aliphatic heterocycles. The van der Waals surface area contributed by atoms with E-state index in [4.69, 9.17) is 10.1 Å². The van der Waals surface area contributed by atoms with E-state index < -0.39 is 15.8 Å². The van der Waals surface area contributed by atoms with E-state index in [1.54, 1.807) is 0 Å². The van der Waals surface area contributed by atoms with Gasteiger partial charge in [-0.2, -0.15) is 5.10 Å². The van der Waals surface area contributed by atoms with Crippen LogP contribution in [0.2, 0.25) is 0 Å². The molecule has 0 saturated heterocycles. The third-order valence-electron chi connectivity index (χ3n) is 5.65. The van der Waals surface area contributed by atoms with Crippen LogP contribution in [0, 0.1) is 5.82 Å². The van der Waals surface area contributed by atoms with Crippen molar-refractivity contribution in [2.45, 2.75) is 55.8 Å². The van der Waals surface area contributed by atoms with Crippen molar-refractivity contribution in [1.29, 1.82) is 0 Å². The second-order valence-electron chi connectivity index (χ2n) is 8.22. The van der Waals surface area contributed by atoms with Gasteiger partial charge >= 0.3 is 0 Å². The molecule has 1 aliphatic rings. The van der Waals surface area contributed by atoms with Crippen molar-refractivity contribution in [3.8, 4) is 0 Å². The Balaban J connectivity index is 1.45. The molecule has 4 N–H and O–H groups in total. The molecular formula is C21H25FN6O2S. The van der Waals surface area contributed by atoms with Crippen LogP contribution in [0.25, 0.3) is 0 Å². The fraction of sp³-hybridized carbons (Fsp3) is 0.381. The summed E-state index contributed by atoms with van der Waals surface area (Å²) in [7, 11) is -3.96. The van der Waals surface area contributed by atoms with Crippen molar-refractivity contribution in [2.75, 3.05) is 5.32 Å². The van der Waals surface area contributed by atoms with E-state index in [-0.39, 0.29) is 16.5 Å². The molecule has 8 nitrogen and oxygen atoms in total. The number of primary sulfonamides is 1. The van der Waals surface area contributed by atoms with E-state index in [9.17, 15) is 12.8 Å². The Bertz CT molecular complexity index is 1190. The van der Waals surface area contributed by atoms with Gasteiger partial charge in [-0.05, 0) is 49.4 Å². The molecule has 0 amide bonds. The lowest BCUT2D eigenvalue weighted by molar-refractivity contribution is 0.593. The molecule has 1 fully saturated rings. The predicted molar refractivity (Wildman–Crippen MR) is 115 cm³/mol. The van der Waals surface area contributed by atoms with E-state index in [0.717, 1.165) is 42.5 Å². The number of aromatic nitrogens is 4. The molecule has 3 aromatic rings. The Labute approximate surface area is 180 Å². The van der Waals surface area contributed by atoms with Crippen LogP contribution in [-0.2, 0) is 10.0 Å². The Morgan fingerprint density at radius 2 is 1.97 bits per heavy atom. The van der Waals surface area contributed by atoms with E-state index >= 15 is 0 Å². The molecule has 2 atom stereocenters. The minimum atomic E-state index is -3.96. The summed E-state index contributed by atoms with van der Waals surface area (Å²) in [6.07, 6.45) is 4.73. The van der Waals surface area contributed by atoms with Crippen molar-refractivity contribution in [3.63, 3.8) is 0 Å². The molecule has 31 heavy (non-hydrogen) atoms. The monoisotopic (exact) mass is 444 g/mol. The fourth-order valence-corrected chi connectivity index (χ4v) is 4.45. The number of halogens is 1. The first kappa shape index (κ1) is 21.4. The van der Waals surface area contributed by atoms with Crippen molar-refractivity contribution >= 4 is 21.5 Å². The summed E-state index contributed by atoms with van der Waals surface area (Å²) in [4.78, 5) is 8.94. The molecule has 1 saturated carbocycles. The quantitative estimate of drug-likeness (QED) is 0.529. The molecule has 4 rings (SSSR count). The molecule has 164 valence electrons. The first-order valence-electron chi connectivity index (χ1n) is 10.2. The molecular weight excluding hydrogens is 419 g/mol. The van der Waals surface area contributed by atoms with Gasteiger partial charge in [-0.1, -0.05) is 13.8 Å². The maximum Gasteiger partial charge on any atom is 0.238 e. The van der Waals surface area contributed by atoms with Gasteiger partial charge in [-0.3, -0.25) is 5.10 Å². The van der Waals surface area contributed by atoms with Gasteiger partial charge in [0.2, 0.25) is 10.0 Å². The highest BCUT2D eigenvalue weighted by atomic mass is 32.2. The summed E-state index contributed by atoms with van der Waals surface area (Å²) >= 11 is 0. The summed E-state index contributed by atoms with van der Waals surface area (Å²) in [5, 5.41) is 15.2. The smallest absolute Gasteiger partial charge is 0.238 e. The first-order valence-corrected chi connectivity index (χ1v) is 11.7. The highest BCUT2D eigenvalue weighted by Crippen LogP contribution is 2.42. The molecule has 2 heterocycles. The molecule has 2 unspecified atom stereocenters. The van der Waals surface area contributed by atoms with Gasteiger partial charge in [0.05, 0.1) is 10.6 Å². The maximum atomic E-state index is 14.3. The van der Waals surface area contributed by atoms with E-state index in [1.807, 2.05) is 18.3 Å². The van der Waals surface area contributed by atoms with Gasteiger partial charge < -0.3 is 5.32 Å². The zero-order valence-corrected chi connectivity index (χ0v) is 18.2. The van der Waals surface area contributed by atoms with Crippen LogP contribution in [0.3, 0.4) is 0 Å². The van der Waals surface area contributed by atoms with Gasteiger partial charge in [0, 0.05) is 35.5 Å². The average Bonchev–Trinajstić information content (AvgIpc) is 3.38. The number of nitrogens with one attached hydrogen (secondary N) is 2. The Morgan fingerprint density at radius 3 is 2.68 bits per heavy atom. The fourth-order valence-electron chi connectivity index (χ4n) is 3.93. The topological polar surface area (TPSA) is 127 Å². The van der Waals surface area contributed by atoms with Crippen LogP contribution in [0.4, 0.5) is 15.9 Å². The van der Waals surface area contributed by atoms with Gasteiger partial charge in [0.25, 0.3) is 0 Å². The Morgan fingerprint density at radius 1 is 1.19 bits per heavy atom. The molecule has 1 aromatic carbocycles. The standard InChI is InChI=1S/C21H25FN6O2S/c1-12(2)17-7-8-24-21(26-17)14-4-3-13(9-14)19-11-20(28-27-19)25-18-6-5-15(10-16(18)22)31(23,29)30/h5-8,10-14H,3-4,9H2,1-2H3,(H2,23,29,30)(H2,25,27,28). The van der Waals surface area contributed by atoms with Crippen molar-refractivity contribution in [1.82, 2.24) is 20.2 Å². The molecule has 0 bridgehead atoms. The van der Waals surface area contributed by atoms with Crippen LogP contribution in [0.1, 0.15) is 68.1 Å². The van der Waals surface area contributed by atoms with Crippen LogP contribution in [-0.4, -0.2) is 28.6 Å². The highest BCUT2D eigenvalue weighted by molar-refractivity contribution is 7.89. The number of aromatic amines is 1. The van der Waals surface area contributed by atoms with E-state index in [1.165, 1.54) is 12.1 Å². The first-order chi connectivity index (χ1) is 14.7.